The molecule has 1 aliphatic rings. The molecule has 1 aliphatic carbocycles. The van der Waals surface area contributed by atoms with Crippen LogP contribution in [-0.2, 0) is 4.74 Å². The Morgan fingerprint density at radius 2 is 1.60 bits per heavy atom. The van der Waals surface area contributed by atoms with E-state index in [-0.39, 0.29) is 38.7 Å². The lowest BCUT2D eigenvalue weighted by molar-refractivity contribution is 0.0635. The third-order valence-corrected chi connectivity index (χ3v) is 7.49. The van der Waals surface area contributed by atoms with Crippen molar-refractivity contribution in [2.45, 2.75) is 51.6 Å². The molecular weight excluding hydrogens is 619 g/mol. The van der Waals surface area contributed by atoms with Gasteiger partial charge < -0.3 is 29.7 Å². The summed E-state index contributed by atoms with van der Waals surface area (Å²) in [6.45, 7) is 7.04. The second-order valence-corrected chi connectivity index (χ2v) is 12.7. The Morgan fingerprint density at radius 1 is 0.978 bits per heavy atom. The van der Waals surface area contributed by atoms with Crippen LogP contribution in [0, 0.1) is 0 Å². The van der Waals surface area contributed by atoms with Crippen molar-refractivity contribution >= 4 is 52.4 Å². The minimum Gasteiger partial charge on any atom is -0.494 e. The summed E-state index contributed by atoms with van der Waals surface area (Å²) >= 11 is 13.2. The quantitative estimate of drug-likeness (QED) is 0.172. The maximum absolute atomic E-state index is 13.8. The second-order valence-electron chi connectivity index (χ2n) is 12.0. The van der Waals surface area contributed by atoms with Gasteiger partial charge in [-0.2, -0.15) is 0 Å². The summed E-state index contributed by atoms with van der Waals surface area (Å²) in [7, 11) is 6.81. The molecule has 4 rings (SSSR count). The van der Waals surface area contributed by atoms with Crippen LogP contribution in [-0.4, -0.2) is 73.9 Å². The standard InChI is InChI=1S/C32H40Cl2N6O5/c1-32(2,3)45-31(42)39-26-24(33)27(43-6)23(28(44-7)25(26)34)30(41)38-22-17-21(36-29(37-22)19-9-10-19)18-11-13-20(14-12-18)35-15-8-16-40(4)5/h11-14,17,19,35H,8-10,15-16H2,1-7H3,(H,39,42)(H,36,37,38,41). The Hall–Kier alpha value is -3.80. The lowest BCUT2D eigenvalue weighted by Gasteiger charge is -2.22. The molecule has 0 spiro atoms. The number of halogens is 2. The topological polar surface area (TPSA) is 127 Å². The van der Waals surface area contributed by atoms with Crippen LogP contribution in [0.1, 0.15) is 62.1 Å². The number of nitrogens with one attached hydrogen (secondary N) is 3. The van der Waals surface area contributed by atoms with E-state index >= 15 is 0 Å². The number of amides is 2. The van der Waals surface area contributed by atoms with E-state index in [4.69, 9.17) is 42.4 Å². The van der Waals surface area contributed by atoms with Crippen molar-refractivity contribution in [3.05, 3.63) is 51.8 Å². The molecule has 2 aromatic carbocycles. The number of ether oxygens (including phenoxy) is 3. The minimum absolute atomic E-state index is 0.0196. The van der Waals surface area contributed by atoms with E-state index in [0.29, 0.717) is 17.3 Å². The fourth-order valence-electron chi connectivity index (χ4n) is 4.52. The highest BCUT2D eigenvalue weighted by Crippen LogP contribution is 2.48. The van der Waals surface area contributed by atoms with Crippen molar-refractivity contribution in [1.82, 2.24) is 14.9 Å². The maximum Gasteiger partial charge on any atom is 0.412 e. The van der Waals surface area contributed by atoms with Gasteiger partial charge >= 0.3 is 6.09 Å². The van der Waals surface area contributed by atoms with E-state index in [0.717, 1.165) is 43.6 Å². The van der Waals surface area contributed by atoms with Gasteiger partial charge in [-0.05, 0) is 72.8 Å². The smallest absolute Gasteiger partial charge is 0.412 e. The van der Waals surface area contributed by atoms with Crippen molar-refractivity contribution in [2.24, 2.45) is 0 Å². The van der Waals surface area contributed by atoms with Crippen molar-refractivity contribution < 1.29 is 23.8 Å². The zero-order valence-corrected chi connectivity index (χ0v) is 28.2. The third kappa shape index (κ3) is 8.90. The molecule has 11 nitrogen and oxygen atoms in total. The van der Waals surface area contributed by atoms with Crippen LogP contribution in [0.15, 0.2) is 30.3 Å². The van der Waals surface area contributed by atoms with Crippen LogP contribution in [0.25, 0.3) is 11.3 Å². The van der Waals surface area contributed by atoms with Gasteiger partial charge in [-0.15, -0.1) is 0 Å². The second kappa shape index (κ2) is 14.5. The van der Waals surface area contributed by atoms with E-state index in [2.05, 4.69) is 39.9 Å². The molecule has 3 N–H and O–H groups in total. The van der Waals surface area contributed by atoms with Crippen LogP contribution in [0.5, 0.6) is 11.5 Å². The summed E-state index contributed by atoms with van der Waals surface area (Å²) < 4.78 is 16.4. The van der Waals surface area contributed by atoms with Gasteiger partial charge in [0, 0.05) is 29.8 Å². The zero-order valence-electron chi connectivity index (χ0n) is 26.6. The van der Waals surface area contributed by atoms with Gasteiger partial charge in [-0.3, -0.25) is 10.1 Å². The Bertz CT molecular complexity index is 1510. The van der Waals surface area contributed by atoms with Gasteiger partial charge in [-0.25, -0.2) is 14.8 Å². The Morgan fingerprint density at radius 3 is 2.13 bits per heavy atom. The molecule has 1 saturated carbocycles. The number of carbonyl (C=O) groups excluding carboxylic acids is 2. The summed E-state index contributed by atoms with van der Waals surface area (Å²) in [5.41, 5.74) is 1.72. The molecule has 0 aliphatic heterocycles. The highest BCUT2D eigenvalue weighted by molar-refractivity contribution is 6.42. The largest absolute Gasteiger partial charge is 0.494 e. The van der Waals surface area contributed by atoms with E-state index < -0.39 is 17.6 Å². The molecule has 242 valence electrons. The van der Waals surface area contributed by atoms with Crippen LogP contribution < -0.4 is 25.4 Å². The number of carbonyl (C=O) groups is 2. The third-order valence-electron chi connectivity index (χ3n) is 6.77. The summed E-state index contributed by atoms with van der Waals surface area (Å²) in [6, 6.07) is 9.70. The van der Waals surface area contributed by atoms with Crippen LogP contribution in [0.4, 0.5) is 22.0 Å². The summed E-state index contributed by atoms with van der Waals surface area (Å²) in [4.78, 5) is 37.9. The summed E-state index contributed by atoms with van der Waals surface area (Å²) in [5.74, 6) is 0.453. The molecule has 2 amide bonds. The van der Waals surface area contributed by atoms with Crippen molar-refractivity contribution in [2.75, 3.05) is 57.4 Å². The average molecular weight is 660 g/mol. The first kappa shape index (κ1) is 34.1. The zero-order chi connectivity index (χ0) is 32.9. The molecule has 0 unspecified atom stereocenters. The van der Waals surface area contributed by atoms with Crippen LogP contribution in [0.3, 0.4) is 0 Å². The lowest BCUT2D eigenvalue weighted by atomic mass is 10.1. The van der Waals surface area contributed by atoms with E-state index in [1.807, 2.05) is 24.3 Å². The number of hydrogen-bond acceptors (Lipinski definition) is 9. The molecule has 45 heavy (non-hydrogen) atoms. The molecule has 0 radical (unpaired) electrons. The van der Waals surface area contributed by atoms with Gasteiger partial charge in [-0.1, -0.05) is 35.3 Å². The first-order valence-electron chi connectivity index (χ1n) is 14.6. The predicted octanol–water partition coefficient (Wildman–Crippen LogP) is 7.31. The summed E-state index contributed by atoms with van der Waals surface area (Å²) in [6.07, 6.45) is 2.20. The average Bonchev–Trinajstić information content (AvgIpc) is 3.82. The Labute approximate surface area is 273 Å². The molecule has 0 atom stereocenters. The molecular formula is C32H40Cl2N6O5. The van der Waals surface area contributed by atoms with Gasteiger partial charge in [0.2, 0.25) is 0 Å². The molecule has 0 bridgehead atoms. The Kier molecular flexibility index (Phi) is 11.0. The summed E-state index contributed by atoms with van der Waals surface area (Å²) in [5, 5.41) is 8.61. The number of rotatable bonds is 12. The maximum atomic E-state index is 13.8. The normalized spacial score (nSPS) is 12.9. The molecule has 1 heterocycles. The van der Waals surface area contributed by atoms with Gasteiger partial charge in [0.25, 0.3) is 5.91 Å². The molecule has 13 heteroatoms. The first-order valence-corrected chi connectivity index (χ1v) is 15.4. The molecule has 1 aromatic heterocycles. The molecule has 3 aromatic rings. The van der Waals surface area contributed by atoms with Crippen LogP contribution >= 0.6 is 23.2 Å². The SMILES string of the molecule is COc1c(Cl)c(NC(=O)OC(C)(C)C)c(Cl)c(OC)c1C(=O)Nc1cc(-c2ccc(NCCCN(C)C)cc2)nc(C2CC2)n1. The highest BCUT2D eigenvalue weighted by atomic mass is 35.5. The number of aromatic nitrogens is 2. The van der Waals surface area contributed by atoms with E-state index in [9.17, 15) is 9.59 Å². The van der Waals surface area contributed by atoms with E-state index in [1.165, 1.54) is 14.2 Å². The van der Waals surface area contributed by atoms with Crippen molar-refractivity contribution in [3.8, 4) is 22.8 Å². The van der Waals surface area contributed by atoms with Gasteiger partial charge in [0.1, 0.15) is 32.9 Å². The number of nitrogens with zero attached hydrogens (tertiary/aromatic N) is 3. The van der Waals surface area contributed by atoms with Crippen LogP contribution in [0.2, 0.25) is 10.0 Å². The van der Waals surface area contributed by atoms with Gasteiger partial charge in [0.15, 0.2) is 11.5 Å². The van der Waals surface area contributed by atoms with Crippen molar-refractivity contribution in [3.63, 3.8) is 0 Å². The highest BCUT2D eigenvalue weighted by Gasteiger charge is 2.32. The first-order chi connectivity index (χ1) is 21.3. The fraction of sp³-hybridized carbons (Fsp3) is 0.438. The lowest BCUT2D eigenvalue weighted by Crippen LogP contribution is -2.27. The van der Waals surface area contributed by atoms with Crippen molar-refractivity contribution in [1.29, 1.82) is 0 Å². The number of anilines is 3. The molecule has 1 fully saturated rings. The monoisotopic (exact) mass is 658 g/mol. The number of hydrogen-bond donors (Lipinski definition) is 3. The fourth-order valence-corrected chi connectivity index (χ4v) is 5.19. The predicted molar refractivity (Wildman–Crippen MR) is 178 cm³/mol. The molecule has 0 saturated heterocycles. The number of methoxy groups -OCH3 is 2. The minimum atomic E-state index is -0.790. The Balaban J connectivity index is 1.62. The van der Waals surface area contributed by atoms with E-state index in [1.54, 1.807) is 26.8 Å². The number of benzene rings is 2. The van der Waals surface area contributed by atoms with Gasteiger partial charge in [0.05, 0.1) is 25.6 Å².